The van der Waals surface area contributed by atoms with Gasteiger partial charge in [0, 0.05) is 24.7 Å². The molecule has 2 heterocycles. The number of likely N-dealkylation sites (tertiary alicyclic amines) is 1. The standard InChI is InChI=1S/C20H20ClFN4S2/c21-16-10-19(28-25-20-23-6-9-27-20)17(22)11-18(16)24-12-14-4-1-2-5-15(14)13-26-7-3-8-26/h1-2,4-6,9-11,24H,3,7-8,12-13H2,(H,23,25). The molecule has 0 unspecified atom stereocenters. The fourth-order valence-electron chi connectivity index (χ4n) is 2.97. The lowest BCUT2D eigenvalue weighted by atomic mass is 10.1. The second-order valence-electron chi connectivity index (χ2n) is 6.56. The first-order valence-corrected chi connectivity index (χ1v) is 11.1. The van der Waals surface area contributed by atoms with Crippen LogP contribution in [0.5, 0.6) is 0 Å². The zero-order chi connectivity index (χ0) is 19.3. The first-order chi connectivity index (χ1) is 13.7. The summed E-state index contributed by atoms with van der Waals surface area (Å²) in [5.74, 6) is -0.324. The highest BCUT2D eigenvalue weighted by Crippen LogP contribution is 2.32. The van der Waals surface area contributed by atoms with Crippen molar-refractivity contribution < 1.29 is 4.39 Å². The first kappa shape index (κ1) is 19.5. The number of benzene rings is 2. The number of hydrogen-bond donors (Lipinski definition) is 2. The van der Waals surface area contributed by atoms with Gasteiger partial charge in [-0.05, 0) is 54.7 Å². The summed E-state index contributed by atoms with van der Waals surface area (Å²) in [5, 5.41) is 6.36. The van der Waals surface area contributed by atoms with Gasteiger partial charge in [-0.2, -0.15) is 0 Å². The molecular weight excluding hydrogens is 415 g/mol. The molecule has 1 saturated heterocycles. The van der Waals surface area contributed by atoms with E-state index in [1.54, 1.807) is 12.3 Å². The molecule has 0 atom stereocenters. The van der Waals surface area contributed by atoms with E-state index in [0.29, 0.717) is 22.2 Å². The van der Waals surface area contributed by atoms with Crippen LogP contribution in [0.3, 0.4) is 0 Å². The van der Waals surface area contributed by atoms with Crippen molar-refractivity contribution in [3.05, 3.63) is 69.9 Å². The molecule has 0 radical (unpaired) electrons. The summed E-state index contributed by atoms with van der Waals surface area (Å²) >= 11 is 9.02. The number of nitrogens with one attached hydrogen (secondary N) is 2. The average Bonchev–Trinajstić information content (AvgIpc) is 3.18. The maximum absolute atomic E-state index is 14.5. The number of hydrogen-bond acceptors (Lipinski definition) is 6. The first-order valence-electron chi connectivity index (χ1n) is 9.03. The lowest BCUT2D eigenvalue weighted by Gasteiger charge is -2.31. The van der Waals surface area contributed by atoms with E-state index in [0.717, 1.165) is 24.8 Å². The van der Waals surface area contributed by atoms with Gasteiger partial charge in [-0.15, -0.1) is 11.3 Å². The molecule has 1 aromatic heterocycles. The van der Waals surface area contributed by atoms with Crippen molar-refractivity contribution in [2.45, 2.75) is 24.4 Å². The predicted molar refractivity (Wildman–Crippen MR) is 117 cm³/mol. The van der Waals surface area contributed by atoms with Crippen molar-refractivity contribution in [1.82, 2.24) is 9.88 Å². The van der Waals surface area contributed by atoms with Crippen LogP contribution in [0.25, 0.3) is 0 Å². The van der Waals surface area contributed by atoms with Crippen molar-refractivity contribution >= 4 is 45.7 Å². The molecule has 4 nitrogen and oxygen atoms in total. The highest BCUT2D eigenvalue weighted by atomic mass is 35.5. The van der Waals surface area contributed by atoms with Crippen LogP contribution in [0, 0.1) is 5.82 Å². The predicted octanol–water partition coefficient (Wildman–Crippen LogP) is 5.87. The smallest absolute Gasteiger partial charge is 0.192 e. The van der Waals surface area contributed by atoms with Crippen LogP contribution in [-0.4, -0.2) is 23.0 Å². The van der Waals surface area contributed by atoms with E-state index < -0.39 is 0 Å². The molecule has 0 spiro atoms. The van der Waals surface area contributed by atoms with Crippen LogP contribution in [-0.2, 0) is 13.1 Å². The summed E-state index contributed by atoms with van der Waals surface area (Å²) in [6, 6.07) is 11.4. The van der Waals surface area contributed by atoms with Crippen LogP contribution in [0.2, 0.25) is 5.02 Å². The Labute approximate surface area is 177 Å². The molecule has 0 saturated carbocycles. The number of halogens is 2. The van der Waals surface area contributed by atoms with Gasteiger partial charge in [0.2, 0.25) is 0 Å². The Morgan fingerprint density at radius 3 is 2.75 bits per heavy atom. The molecule has 1 aliphatic heterocycles. The third-order valence-corrected chi connectivity index (χ3v) is 6.59. The molecule has 4 rings (SSSR count). The molecule has 8 heteroatoms. The average molecular weight is 435 g/mol. The van der Waals surface area contributed by atoms with Crippen LogP contribution in [0.1, 0.15) is 17.5 Å². The minimum absolute atomic E-state index is 0.324. The van der Waals surface area contributed by atoms with Gasteiger partial charge in [0.25, 0.3) is 0 Å². The Morgan fingerprint density at radius 2 is 2.04 bits per heavy atom. The topological polar surface area (TPSA) is 40.2 Å². The monoisotopic (exact) mass is 434 g/mol. The summed E-state index contributed by atoms with van der Waals surface area (Å²) < 4.78 is 17.5. The lowest BCUT2D eigenvalue weighted by Crippen LogP contribution is -2.36. The van der Waals surface area contributed by atoms with E-state index in [2.05, 4.69) is 38.1 Å². The van der Waals surface area contributed by atoms with Crippen LogP contribution in [0.4, 0.5) is 15.2 Å². The van der Waals surface area contributed by atoms with E-state index in [1.807, 2.05) is 11.4 Å². The van der Waals surface area contributed by atoms with Crippen molar-refractivity contribution in [1.29, 1.82) is 0 Å². The third-order valence-electron chi connectivity index (χ3n) is 4.63. The largest absolute Gasteiger partial charge is 0.380 e. The molecule has 2 aromatic carbocycles. The molecule has 28 heavy (non-hydrogen) atoms. The summed E-state index contributed by atoms with van der Waals surface area (Å²) in [6.07, 6.45) is 2.97. The Balaban J connectivity index is 1.41. The molecule has 1 fully saturated rings. The minimum Gasteiger partial charge on any atom is -0.380 e. The Bertz CT molecular complexity index is 932. The maximum atomic E-state index is 14.5. The van der Waals surface area contributed by atoms with Gasteiger partial charge in [0.1, 0.15) is 5.82 Å². The van der Waals surface area contributed by atoms with Crippen LogP contribution < -0.4 is 10.0 Å². The summed E-state index contributed by atoms with van der Waals surface area (Å²) in [4.78, 5) is 6.98. The van der Waals surface area contributed by atoms with Gasteiger partial charge < -0.3 is 10.0 Å². The fraction of sp³-hybridized carbons (Fsp3) is 0.250. The molecule has 0 amide bonds. The molecule has 146 valence electrons. The van der Waals surface area contributed by atoms with Crippen LogP contribution >= 0.6 is 34.9 Å². The minimum atomic E-state index is -0.324. The van der Waals surface area contributed by atoms with Crippen molar-refractivity contribution in [2.75, 3.05) is 23.1 Å². The van der Waals surface area contributed by atoms with E-state index in [4.69, 9.17) is 11.6 Å². The van der Waals surface area contributed by atoms with E-state index in [-0.39, 0.29) is 5.82 Å². The normalized spacial score (nSPS) is 13.9. The van der Waals surface area contributed by atoms with Crippen molar-refractivity contribution in [3.63, 3.8) is 0 Å². The third kappa shape index (κ3) is 4.78. The maximum Gasteiger partial charge on any atom is 0.192 e. The van der Waals surface area contributed by atoms with Gasteiger partial charge in [0.15, 0.2) is 5.13 Å². The summed E-state index contributed by atoms with van der Waals surface area (Å²) in [6.45, 7) is 3.88. The highest BCUT2D eigenvalue weighted by molar-refractivity contribution is 8.00. The Kier molecular flexibility index (Phi) is 6.36. The van der Waals surface area contributed by atoms with E-state index >= 15 is 0 Å². The summed E-state index contributed by atoms with van der Waals surface area (Å²) in [5.41, 5.74) is 3.09. The SMILES string of the molecule is Fc1cc(NCc2ccccc2CN2CCC2)c(Cl)cc1SNc1nccs1. The molecule has 2 N–H and O–H groups in total. The zero-order valence-corrected chi connectivity index (χ0v) is 17.5. The molecule has 1 aliphatic rings. The number of anilines is 2. The Morgan fingerprint density at radius 1 is 1.21 bits per heavy atom. The van der Waals surface area contributed by atoms with Gasteiger partial charge in [-0.3, -0.25) is 4.90 Å². The molecule has 0 aliphatic carbocycles. The number of nitrogens with zero attached hydrogens (tertiary/aromatic N) is 2. The second-order valence-corrected chi connectivity index (χ2v) is 8.71. The molecular formula is C20H20ClFN4S2. The van der Waals surface area contributed by atoms with E-state index in [9.17, 15) is 4.39 Å². The van der Waals surface area contributed by atoms with Crippen LogP contribution in [0.15, 0.2) is 52.9 Å². The molecule has 0 bridgehead atoms. The number of thiazole rings is 1. The lowest BCUT2D eigenvalue weighted by molar-refractivity contribution is 0.172. The number of rotatable bonds is 8. The van der Waals surface area contributed by atoms with Crippen molar-refractivity contribution in [2.24, 2.45) is 0 Å². The Hall–Kier alpha value is -1.80. The van der Waals surface area contributed by atoms with E-state index in [1.165, 1.54) is 46.9 Å². The zero-order valence-electron chi connectivity index (χ0n) is 15.1. The fourth-order valence-corrected chi connectivity index (χ4v) is 4.54. The highest BCUT2D eigenvalue weighted by Gasteiger charge is 2.16. The summed E-state index contributed by atoms with van der Waals surface area (Å²) in [7, 11) is 0. The van der Waals surface area contributed by atoms with Gasteiger partial charge >= 0.3 is 0 Å². The van der Waals surface area contributed by atoms with Crippen molar-refractivity contribution in [3.8, 4) is 0 Å². The van der Waals surface area contributed by atoms with Gasteiger partial charge in [-0.25, -0.2) is 9.37 Å². The quantitative estimate of drug-likeness (QED) is 0.434. The van der Waals surface area contributed by atoms with Gasteiger partial charge in [0.05, 0.1) is 15.6 Å². The number of aromatic nitrogens is 1. The molecule has 3 aromatic rings. The van der Waals surface area contributed by atoms with Gasteiger partial charge in [-0.1, -0.05) is 35.9 Å². The second kappa shape index (κ2) is 9.13.